The van der Waals surface area contributed by atoms with Gasteiger partial charge in [0.2, 0.25) is 0 Å². The average Bonchev–Trinajstić information content (AvgIpc) is 3.52. The number of hydrogen-bond acceptors (Lipinski definition) is 3. The van der Waals surface area contributed by atoms with Crippen LogP contribution in [0.2, 0.25) is 0 Å². The SMILES string of the molecule is C1=C(c2cnc3ccccc3c2)CCC2=C1C1(c3cc(-c4cnc5ccccc5c4)ccc32)c2ccc3ccccc3c2Oc2c1ccc1ccccc21. The van der Waals surface area contributed by atoms with Gasteiger partial charge in [-0.15, -0.1) is 0 Å². The highest BCUT2D eigenvalue weighted by atomic mass is 16.5. The summed E-state index contributed by atoms with van der Waals surface area (Å²) in [5, 5.41) is 6.88. The fraction of sp³-hybridized carbons (Fsp3) is 0.0588. The molecule has 7 aromatic carbocycles. The summed E-state index contributed by atoms with van der Waals surface area (Å²) in [6.45, 7) is 0. The van der Waals surface area contributed by atoms with E-state index in [2.05, 4.69) is 158 Å². The molecular formula is C51H32N2O. The van der Waals surface area contributed by atoms with Crippen LogP contribution in [0.15, 0.2) is 176 Å². The minimum absolute atomic E-state index is 0.627. The smallest absolute Gasteiger partial charge is 0.140 e. The maximum Gasteiger partial charge on any atom is 0.140 e. The van der Waals surface area contributed by atoms with Crippen LogP contribution in [0.3, 0.4) is 0 Å². The predicted octanol–water partition coefficient (Wildman–Crippen LogP) is 12.8. The van der Waals surface area contributed by atoms with Crippen molar-refractivity contribution in [2.45, 2.75) is 18.3 Å². The molecule has 2 aliphatic carbocycles. The molecule has 0 N–H and O–H groups in total. The Morgan fingerprint density at radius 2 is 1.04 bits per heavy atom. The molecule has 0 saturated heterocycles. The van der Waals surface area contributed by atoms with Gasteiger partial charge in [-0.2, -0.15) is 0 Å². The molecule has 0 atom stereocenters. The highest BCUT2D eigenvalue weighted by molar-refractivity contribution is 6.02. The average molecular weight is 689 g/mol. The van der Waals surface area contributed by atoms with E-state index >= 15 is 0 Å². The Balaban J connectivity index is 1.19. The van der Waals surface area contributed by atoms with Crippen LogP contribution in [0.5, 0.6) is 11.5 Å². The summed E-state index contributed by atoms with van der Waals surface area (Å²) in [5.41, 5.74) is 13.9. The number of benzene rings is 7. The quantitative estimate of drug-likeness (QED) is 0.181. The van der Waals surface area contributed by atoms with E-state index in [0.717, 1.165) is 68.0 Å². The molecule has 3 nitrogen and oxygen atoms in total. The Kier molecular flexibility index (Phi) is 6.10. The molecule has 2 aromatic heterocycles. The van der Waals surface area contributed by atoms with Crippen LogP contribution in [0.25, 0.3) is 65.6 Å². The lowest BCUT2D eigenvalue weighted by molar-refractivity contribution is 0.446. The molecule has 0 radical (unpaired) electrons. The second kappa shape index (κ2) is 11.1. The molecule has 0 unspecified atom stereocenters. The molecular weight excluding hydrogens is 657 g/mol. The Morgan fingerprint density at radius 3 is 1.70 bits per heavy atom. The lowest BCUT2D eigenvalue weighted by atomic mass is 9.63. The summed E-state index contributed by atoms with van der Waals surface area (Å²) in [4.78, 5) is 9.80. The number of fused-ring (bicyclic) bond motifs is 14. The number of hydrogen-bond donors (Lipinski definition) is 0. The van der Waals surface area contributed by atoms with Crippen LogP contribution in [0, 0.1) is 0 Å². The van der Waals surface area contributed by atoms with Gasteiger partial charge in [0.15, 0.2) is 0 Å². The summed E-state index contributed by atoms with van der Waals surface area (Å²) in [5.74, 6) is 1.87. The predicted molar refractivity (Wildman–Crippen MR) is 221 cm³/mol. The van der Waals surface area contributed by atoms with Gasteiger partial charge < -0.3 is 4.74 Å². The molecule has 0 amide bonds. The largest absolute Gasteiger partial charge is 0.455 e. The third-order valence-electron chi connectivity index (χ3n) is 12.1. The van der Waals surface area contributed by atoms with E-state index in [1.165, 1.54) is 55.3 Å². The highest BCUT2D eigenvalue weighted by Crippen LogP contribution is 2.65. The lowest BCUT2D eigenvalue weighted by Crippen LogP contribution is -2.33. The fourth-order valence-corrected chi connectivity index (χ4v) is 9.61. The standard InChI is InChI=1S/C51H32N2O/c1-5-13-39-31(9-1)19-23-43-49(39)54-50-40-14-6-2-10-32(40)20-24-44(50)51(43)45-27-33(37-25-35-11-3-7-15-47(35)52-29-37)17-21-41(45)42-22-18-34(28-46(42)51)38-26-36-12-4-8-16-48(36)53-30-38/h1-17,19-21,23-30H,18,22H2. The topological polar surface area (TPSA) is 35.0 Å². The van der Waals surface area contributed by atoms with Gasteiger partial charge in [-0.3, -0.25) is 9.97 Å². The normalized spacial score (nSPS) is 15.2. The second-order valence-corrected chi connectivity index (χ2v) is 14.8. The molecule has 54 heavy (non-hydrogen) atoms. The van der Waals surface area contributed by atoms with E-state index in [4.69, 9.17) is 14.7 Å². The highest BCUT2D eigenvalue weighted by Gasteiger charge is 2.53. The van der Waals surface area contributed by atoms with Crippen LogP contribution < -0.4 is 4.74 Å². The van der Waals surface area contributed by atoms with Gasteiger partial charge in [0, 0.05) is 50.6 Å². The molecule has 0 bridgehead atoms. The van der Waals surface area contributed by atoms with E-state index in [-0.39, 0.29) is 0 Å². The molecule has 1 spiro atoms. The first kappa shape index (κ1) is 29.7. The Labute approximate surface area is 312 Å². The number of rotatable bonds is 2. The van der Waals surface area contributed by atoms with Crippen molar-refractivity contribution in [3.8, 4) is 22.6 Å². The number of para-hydroxylation sites is 2. The number of ether oxygens (including phenoxy) is 1. The van der Waals surface area contributed by atoms with E-state index in [1.807, 2.05) is 12.3 Å². The Hall–Kier alpha value is -6.84. The summed E-state index contributed by atoms with van der Waals surface area (Å²) in [7, 11) is 0. The molecule has 3 heteroatoms. The van der Waals surface area contributed by atoms with Crippen molar-refractivity contribution in [1.82, 2.24) is 9.97 Å². The number of nitrogens with zero attached hydrogens (tertiary/aromatic N) is 2. The summed E-state index contributed by atoms with van der Waals surface area (Å²) >= 11 is 0. The van der Waals surface area contributed by atoms with Crippen LogP contribution >= 0.6 is 0 Å². The molecule has 3 aliphatic rings. The Morgan fingerprint density at radius 1 is 0.463 bits per heavy atom. The van der Waals surface area contributed by atoms with Crippen molar-refractivity contribution in [2.24, 2.45) is 0 Å². The fourth-order valence-electron chi connectivity index (χ4n) is 9.61. The van der Waals surface area contributed by atoms with Crippen LogP contribution in [0.1, 0.15) is 40.7 Å². The summed E-state index contributed by atoms with van der Waals surface area (Å²) in [6.07, 6.45) is 8.47. The monoisotopic (exact) mass is 688 g/mol. The van der Waals surface area contributed by atoms with Gasteiger partial charge in [-0.1, -0.05) is 127 Å². The maximum atomic E-state index is 7.24. The first-order chi connectivity index (χ1) is 26.7. The first-order valence-corrected chi connectivity index (χ1v) is 18.8. The van der Waals surface area contributed by atoms with Crippen LogP contribution in [-0.2, 0) is 5.41 Å². The molecule has 1 aliphatic heterocycles. The van der Waals surface area contributed by atoms with Gasteiger partial charge in [-0.25, -0.2) is 0 Å². The van der Waals surface area contributed by atoms with Crippen LogP contribution in [0.4, 0.5) is 0 Å². The number of pyridine rings is 2. The molecule has 12 rings (SSSR count). The molecule has 0 saturated carbocycles. The van der Waals surface area contributed by atoms with Crippen LogP contribution in [-0.4, -0.2) is 9.97 Å². The van der Waals surface area contributed by atoms with E-state index in [1.54, 1.807) is 0 Å². The first-order valence-electron chi connectivity index (χ1n) is 18.8. The Bertz CT molecular complexity index is 3070. The third-order valence-corrected chi connectivity index (χ3v) is 12.1. The molecule has 3 heterocycles. The molecule has 0 fully saturated rings. The molecule has 252 valence electrons. The van der Waals surface area contributed by atoms with E-state index in [9.17, 15) is 0 Å². The van der Waals surface area contributed by atoms with Gasteiger partial charge >= 0.3 is 0 Å². The van der Waals surface area contributed by atoms with Gasteiger partial charge in [-0.05, 0) is 92.9 Å². The van der Waals surface area contributed by atoms with Gasteiger partial charge in [0.1, 0.15) is 11.5 Å². The van der Waals surface area contributed by atoms with Crippen molar-refractivity contribution in [3.63, 3.8) is 0 Å². The van der Waals surface area contributed by atoms with Crippen molar-refractivity contribution in [2.75, 3.05) is 0 Å². The third kappa shape index (κ3) is 4.07. The number of aromatic nitrogens is 2. The van der Waals surface area contributed by atoms with Gasteiger partial charge in [0.25, 0.3) is 0 Å². The molecule has 9 aromatic rings. The van der Waals surface area contributed by atoms with Crippen molar-refractivity contribution < 1.29 is 4.74 Å². The minimum Gasteiger partial charge on any atom is -0.455 e. The summed E-state index contributed by atoms with van der Waals surface area (Å²) in [6, 6.07) is 55.0. The zero-order chi connectivity index (χ0) is 35.4. The van der Waals surface area contributed by atoms with Crippen molar-refractivity contribution >= 4 is 54.5 Å². The van der Waals surface area contributed by atoms with E-state index < -0.39 is 5.41 Å². The zero-order valence-corrected chi connectivity index (χ0v) is 29.4. The lowest BCUT2D eigenvalue weighted by Gasteiger charge is -2.41. The van der Waals surface area contributed by atoms with Crippen molar-refractivity contribution in [1.29, 1.82) is 0 Å². The van der Waals surface area contributed by atoms with E-state index in [0.29, 0.717) is 0 Å². The maximum absolute atomic E-state index is 7.24. The minimum atomic E-state index is -0.627. The number of allylic oxidation sites excluding steroid dienone is 4. The zero-order valence-electron chi connectivity index (χ0n) is 29.4. The van der Waals surface area contributed by atoms with Gasteiger partial charge in [0.05, 0.1) is 16.4 Å². The second-order valence-electron chi connectivity index (χ2n) is 14.8. The summed E-state index contributed by atoms with van der Waals surface area (Å²) < 4.78 is 7.24. The van der Waals surface area contributed by atoms with Crippen molar-refractivity contribution in [3.05, 3.63) is 204 Å².